The fourth-order valence-corrected chi connectivity index (χ4v) is 3.87. The first-order valence-corrected chi connectivity index (χ1v) is 10.8. The van der Waals surface area contributed by atoms with E-state index in [4.69, 9.17) is 16.7 Å². The Morgan fingerprint density at radius 3 is 2.42 bits per heavy atom. The van der Waals surface area contributed by atoms with Crippen LogP contribution in [0.1, 0.15) is 37.4 Å². The van der Waals surface area contributed by atoms with Crippen molar-refractivity contribution in [3.63, 3.8) is 0 Å². The van der Waals surface area contributed by atoms with Crippen LogP contribution < -0.4 is 10.6 Å². The second-order valence-corrected chi connectivity index (χ2v) is 8.44. The Hall–Kier alpha value is -2.67. The number of hydrogen-bond donors (Lipinski definition) is 3. The number of hydrogen-bond acceptors (Lipinski definition) is 4. The molecule has 0 aromatic heterocycles. The first-order chi connectivity index (χ1) is 14.8. The number of halogens is 2. The number of benzene rings is 3. The molecule has 0 aliphatic heterocycles. The van der Waals surface area contributed by atoms with Gasteiger partial charge in [-0.05, 0) is 73.5 Å². The molecule has 0 unspecified atom stereocenters. The van der Waals surface area contributed by atoms with Gasteiger partial charge in [-0.25, -0.2) is 0 Å². The van der Waals surface area contributed by atoms with Crippen molar-refractivity contribution in [3.05, 3.63) is 91.9 Å². The van der Waals surface area contributed by atoms with E-state index in [1.807, 2.05) is 32.0 Å². The zero-order valence-electron chi connectivity index (χ0n) is 17.1. The molecule has 0 heterocycles. The van der Waals surface area contributed by atoms with Gasteiger partial charge in [0, 0.05) is 39.1 Å². The lowest BCUT2D eigenvalue weighted by Crippen LogP contribution is -2.26. The van der Waals surface area contributed by atoms with Crippen molar-refractivity contribution in [2.24, 2.45) is 0 Å². The van der Waals surface area contributed by atoms with Crippen molar-refractivity contribution < 1.29 is 14.7 Å². The Labute approximate surface area is 194 Å². The van der Waals surface area contributed by atoms with Crippen LogP contribution in [0.5, 0.6) is 0 Å². The molecule has 1 amide bonds. The summed E-state index contributed by atoms with van der Waals surface area (Å²) in [6.07, 6.45) is 0. The number of aliphatic hydroxyl groups is 1. The molecule has 3 N–H and O–H groups in total. The second-order valence-electron chi connectivity index (χ2n) is 7.12. The van der Waals surface area contributed by atoms with Crippen molar-refractivity contribution >= 4 is 50.6 Å². The summed E-state index contributed by atoms with van der Waals surface area (Å²) in [5.41, 5.74) is 4.63. The van der Waals surface area contributed by atoms with Crippen molar-refractivity contribution in [3.8, 4) is 0 Å². The van der Waals surface area contributed by atoms with Gasteiger partial charge < -0.3 is 15.7 Å². The monoisotopic (exact) mass is 500 g/mol. The molecule has 0 radical (unpaired) electrons. The van der Waals surface area contributed by atoms with Gasteiger partial charge in [0.1, 0.15) is 0 Å². The summed E-state index contributed by atoms with van der Waals surface area (Å²) in [6.45, 7) is 3.80. The summed E-state index contributed by atoms with van der Waals surface area (Å²) >= 11 is 9.90. The molecule has 3 aromatic carbocycles. The Kier molecular flexibility index (Phi) is 7.49. The molecule has 0 fully saturated rings. The Morgan fingerprint density at radius 2 is 1.74 bits per heavy atom. The highest BCUT2D eigenvalue weighted by Gasteiger charge is 2.18. The Bertz CT molecular complexity index is 1150. The van der Waals surface area contributed by atoms with Gasteiger partial charge in [-0.3, -0.25) is 9.59 Å². The average Bonchev–Trinajstić information content (AvgIpc) is 2.74. The summed E-state index contributed by atoms with van der Waals surface area (Å²) < 4.78 is 0.997. The van der Waals surface area contributed by atoms with Crippen molar-refractivity contribution in [2.45, 2.75) is 13.8 Å². The molecule has 0 saturated carbocycles. The zero-order chi connectivity index (χ0) is 22.5. The minimum Gasteiger partial charge on any atom is -0.395 e. The van der Waals surface area contributed by atoms with Gasteiger partial charge in [0.15, 0.2) is 5.78 Å². The number of aryl methyl sites for hydroxylation is 2. The first-order valence-electron chi connectivity index (χ1n) is 9.67. The van der Waals surface area contributed by atoms with Crippen LogP contribution in [-0.4, -0.2) is 29.9 Å². The average molecular weight is 502 g/mol. The summed E-state index contributed by atoms with van der Waals surface area (Å²) in [5.74, 6) is -0.607. The predicted octanol–water partition coefficient (Wildman–Crippen LogP) is 5.42. The van der Waals surface area contributed by atoms with E-state index in [1.54, 1.807) is 36.4 Å². The van der Waals surface area contributed by atoms with Crippen molar-refractivity contribution in [1.82, 2.24) is 5.32 Å². The lowest BCUT2D eigenvalue weighted by atomic mass is 9.96. The molecular weight excluding hydrogens is 480 g/mol. The van der Waals surface area contributed by atoms with Gasteiger partial charge in [-0.1, -0.05) is 33.6 Å². The summed E-state index contributed by atoms with van der Waals surface area (Å²) in [7, 11) is 0. The number of ketones is 1. The fraction of sp³-hybridized carbons (Fsp3) is 0.167. The van der Waals surface area contributed by atoms with Gasteiger partial charge in [0.25, 0.3) is 5.91 Å². The van der Waals surface area contributed by atoms with E-state index < -0.39 is 0 Å². The zero-order valence-corrected chi connectivity index (χ0v) is 19.5. The van der Waals surface area contributed by atoms with Gasteiger partial charge >= 0.3 is 0 Å². The van der Waals surface area contributed by atoms with E-state index in [9.17, 15) is 9.59 Å². The second kappa shape index (κ2) is 10.1. The summed E-state index contributed by atoms with van der Waals surface area (Å²) in [4.78, 5) is 25.3. The molecule has 0 spiro atoms. The maximum Gasteiger partial charge on any atom is 0.251 e. The summed E-state index contributed by atoms with van der Waals surface area (Å²) in [5, 5.41) is 15.1. The topological polar surface area (TPSA) is 78.4 Å². The molecular formula is C24H22BrClN2O3. The van der Waals surface area contributed by atoms with Crippen LogP contribution in [0.15, 0.2) is 59.1 Å². The van der Waals surface area contributed by atoms with E-state index >= 15 is 0 Å². The van der Waals surface area contributed by atoms with Gasteiger partial charge in [-0.15, -0.1) is 0 Å². The molecule has 0 saturated heterocycles. The first kappa shape index (κ1) is 23.0. The Morgan fingerprint density at radius 1 is 0.968 bits per heavy atom. The van der Waals surface area contributed by atoms with Crippen LogP contribution >= 0.6 is 27.5 Å². The molecule has 0 bridgehead atoms. The molecule has 5 nitrogen and oxygen atoms in total. The van der Waals surface area contributed by atoms with E-state index in [0.717, 1.165) is 27.0 Å². The lowest BCUT2D eigenvalue weighted by Gasteiger charge is -2.13. The standard InChI is InChI=1S/C24H22BrClN2O3/c1-14-3-4-16(24(31)27-9-10-29)12-20(14)23(30)19-7-6-18(13-21(19)26)28-22-8-5-17(25)11-15(22)2/h3-8,11-13,28-29H,9-10H2,1-2H3,(H,27,31). The molecule has 3 rings (SSSR count). The molecule has 31 heavy (non-hydrogen) atoms. The SMILES string of the molecule is Cc1cc(Br)ccc1Nc1ccc(C(=O)c2cc(C(=O)NCCO)ccc2C)c(Cl)c1. The van der Waals surface area contributed by atoms with Crippen LogP contribution in [0.2, 0.25) is 5.02 Å². The minimum atomic E-state index is -0.349. The number of carbonyl (C=O) groups is 2. The van der Waals surface area contributed by atoms with Crippen LogP contribution in [0, 0.1) is 13.8 Å². The van der Waals surface area contributed by atoms with Crippen molar-refractivity contribution in [1.29, 1.82) is 0 Å². The van der Waals surface area contributed by atoms with E-state index in [-0.39, 0.29) is 24.8 Å². The largest absolute Gasteiger partial charge is 0.395 e. The van der Waals surface area contributed by atoms with Gasteiger partial charge in [0.2, 0.25) is 0 Å². The molecule has 160 valence electrons. The van der Waals surface area contributed by atoms with Crippen LogP contribution in [0.25, 0.3) is 0 Å². The highest BCUT2D eigenvalue weighted by molar-refractivity contribution is 9.10. The number of aliphatic hydroxyl groups excluding tert-OH is 1. The maximum absolute atomic E-state index is 13.2. The van der Waals surface area contributed by atoms with Crippen LogP contribution in [0.3, 0.4) is 0 Å². The van der Waals surface area contributed by atoms with E-state index in [0.29, 0.717) is 21.7 Å². The highest BCUT2D eigenvalue weighted by Crippen LogP contribution is 2.29. The molecule has 3 aromatic rings. The Balaban J connectivity index is 1.86. The lowest BCUT2D eigenvalue weighted by molar-refractivity contribution is 0.0944. The van der Waals surface area contributed by atoms with E-state index in [1.165, 1.54) is 0 Å². The number of nitrogens with one attached hydrogen (secondary N) is 2. The van der Waals surface area contributed by atoms with Gasteiger partial charge in [0.05, 0.1) is 11.6 Å². The van der Waals surface area contributed by atoms with Crippen molar-refractivity contribution in [2.75, 3.05) is 18.5 Å². The predicted molar refractivity (Wildman–Crippen MR) is 128 cm³/mol. The number of carbonyl (C=O) groups excluding carboxylic acids is 2. The molecule has 0 atom stereocenters. The fourth-order valence-electron chi connectivity index (χ4n) is 3.12. The number of rotatable bonds is 7. The number of anilines is 2. The number of amides is 1. The molecule has 7 heteroatoms. The highest BCUT2D eigenvalue weighted by atomic mass is 79.9. The van der Waals surface area contributed by atoms with E-state index in [2.05, 4.69) is 26.6 Å². The smallest absolute Gasteiger partial charge is 0.251 e. The van der Waals surface area contributed by atoms with Crippen LogP contribution in [0.4, 0.5) is 11.4 Å². The minimum absolute atomic E-state index is 0.147. The molecule has 0 aliphatic carbocycles. The third-order valence-electron chi connectivity index (χ3n) is 4.82. The van der Waals surface area contributed by atoms with Gasteiger partial charge in [-0.2, -0.15) is 0 Å². The molecule has 0 aliphatic rings. The quantitative estimate of drug-likeness (QED) is 0.378. The third kappa shape index (κ3) is 5.53. The summed E-state index contributed by atoms with van der Waals surface area (Å²) in [6, 6.07) is 16.0. The third-order valence-corrected chi connectivity index (χ3v) is 5.63. The normalized spacial score (nSPS) is 10.6. The van der Waals surface area contributed by atoms with Crippen LogP contribution in [-0.2, 0) is 0 Å². The maximum atomic E-state index is 13.2.